The predicted molar refractivity (Wildman–Crippen MR) is 131 cm³/mol. The Morgan fingerprint density at radius 3 is 2.03 bits per heavy atom. The molecule has 0 heterocycles. The highest BCUT2D eigenvalue weighted by molar-refractivity contribution is 5.30. The van der Waals surface area contributed by atoms with Gasteiger partial charge in [0.2, 0.25) is 0 Å². The van der Waals surface area contributed by atoms with Gasteiger partial charge in [-0.15, -0.1) is 0 Å². The van der Waals surface area contributed by atoms with Gasteiger partial charge in [0.25, 0.3) is 0 Å². The van der Waals surface area contributed by atoms with Gasteiger partial charge in [0.1, 0.15) is 0 Å². The van der Waals surface area contributed by atoms with E-state index in [4.69, 9.17) is 0 Å². The third-order valence-corrected chi connectivity index (χ3v) is 13.3. The first-order chi connectivity index (χ1) is 14.3. The van der Waals surface area contributed by atoms with E-state index in [2.05, 4.69) is 61.5 Å². The van der Waals surface area contributed by atoms with Crippen molar-refractivity contribution in [2.75, 3.05) is 0 Å². The number of aliphatic hydroxyl groups is 1. The van der Waals surface area contributed by atoms with Crippen molar-refractivity contribution in [1.82, 2.24) is 0 Å². The van der Waals surface area contributed by atoms with E-state index in [1.165, 1.54) is 51.4 Å². The maximum absolute atomic E-state index is 10.8. The number of aliphatic hydroxyl groups excluding tert-OH is 1. The third-order valence-electron chi connectivity index (χ3n) is 13.3. The standard InChI is InChI=1S/C30H50O/c1-19(2)20-9-12-23-27(20,5)15-17-30(8)24-13-10-21-22(11-14-25(31)26(21,3)4)28(24,6)16-18-29(23,30)7/h10,19-20,22-25,31H,9,11-18H2,1-8H3/t20-,22+,23-,24+,25+,27-,28+,29-,30+/m0/s1. The summed E-state index contributed by atoms with van der Waals surface area (Å²) in [4.78, 5) is 0. The molecular weight excluding hydrogens is 376 g/mol. The molecule has 31 heavy (non-hydrogen) atoms. The van der Waals surface area contributed by atoms with Crippen molar-refractivity contribution in [3.8, 4) is 0 Å². The Kier molecular flexibility index (Phi) is 4.82. The van der Waals surface area contributed by atoms with Gasteiger partial charge in [0.15, 0.2) is 0 Å². The van der Waals surface area contributed by atoms with Crippen LogP contribution in [0.3, 0.4) is 0 Å². The van der Waals surface area contributed by atoms with E-state index >= 15 is 0 Å². The van der Waals surface area contributed by atoms with E-state index in [1.54, 1.807) is 5.57 Å². The normalized spacial score (nSPS) is 55.7. The lowest BCUT2D eigenvalue weighted by Crippen LogP contribution is -2.64. The van der Waals surface area contributed by atoms with Crippen LogP contribution in [0.1, 0.15) is 113 Å². The second-order valence-electron chi connectivity index (χ2n) is 14.6. The third kappa shape index (κ3) is 2.60. The summed E-state index contributed by atoms with van der Waals surface area (Å²) in [6.45, 7) is 20.4. The summed E-state index contributed by atoms with van der Waals surface area (Å²) in [7, 11) is 0. The first-order valence-corrected chi connectivity index (χ1v) is 13.7. The number of fused-ring (bicyclic) bond motifs is 7. The summed E-state index contributed by atoms with van der Waals surface area (Å²) >= 11 is 0. The molecule has 0 aromatic heterocycles. The molecule has 0 aromatic rings. The molecular formula is C30H50O. The average molecular weight is 427 g/mol. The molecule has 4 saturated carbocycles. The zero-order valence-corrected chi connectivity index (χ0v) is 21.9. The van der Waals surface area contributed by atoms with Crippen LogP contribution in [0, 0.1) is 56.7 Å². The molecule has 0 amide bonds. The van der Waals surface area contributed by atoms with E-state index < -0.39 is 0 Å². The minimum Gasteiger partial charge on any atom is -0.392 e. The number of hydrogen-bond donors (Lipinski definition) is 1. The summed E-state index contributed by atoms with van der Waals surface area (Å²) in [6.07, 6.45) is 14.6. The maximum Gasteiger partial charge on any atom is 0.0628 e. The highest BCUT2D eigenvalue weighted by Crippen LogP contribution is 2.77. The van der Waals surface area contributed by atoms with Gasteiger partial charge in [-0.2, -0.15) is 0 Å². The Morgan fingerprint density at radius 1 is 0.774 bits per heavy atom. The highest BCUT2D eigenvalue weighted by Gasteiger charge is 2.70. The first-order valence-electron chi connectivity index (χ1n) is 13.7. The molecule has 0 aromatic carbocycles. The lowest BCUT2D eigenvalue weighted by molar-refractivity contribution is -0.214. The first kappa shape index (κ1) is 22.5. The molecule has 176 valence electrons. The molecule has 0 unspecified atom stereocenters. The summed E-state index contributed by atoms with van der Waals surface area (Å²) in [5, 5.41) is 10.8. The van der Waals surface area contributed by atoms with Crippen LogP contribution in [-0.2, 0) is 0 Å². The number of hydrogen-bond acceptors (Lipinski definition) is 1. The fraction of sp³-hybridized carbons (Fsp3) is 0.933. The predicted octanol–water partition coefficient (Wildman–Crippen LogP) is 8.02. The van der Waals surface area contributed by atoms with Crippen LogP contribution in [0.4, 0.5) is 0 Å². The van der Waals surface area contributed by atoms with Crippen molar-refractivity contribution < 1.29 is 5.11 Å². The van der Waals surface area contributed by atoms with E-state index in [-0.39, 0.29) is 11.5 Å². The molecule has 5 aliphatic carbocycles. The van der Waals surface area contributed by atoms with Crippen molar-refractivity contribution in [2.45, 2.75) is 119 Å². The zero-order valence-electron chi connectivity index (χ0n) is 21.9. The monoisotopic (exact) mass is 426 g/mol. The zero-order chi connectivity index (χ0) is 22.6. The Labute approximate surface area is 192 Å². The van der Waals surface area contributed by atoms with Gasteiger partial charge in [0.05, 0.1) is 6.10 Å². The van der Waals surface area contributed by atoms with E-state index in [0.717, 1.165) is 30.1 Å². The quantitative estimate of drug-likeness (QED) is 0.421. The summed E-state index contributed by atoms with van der Waals surface area (Å²) in [5.74, 6) is 4.15. The maximum atomic E-state index is 10.8. The highest BCUT2D eigenvalue weighted by atomic mass is 16.3. The van der Waals surface area contributed by atoms with Crippen molar-refractivity contribution in [3.05, 3.63) is 11.6 Å². The Balaban J connectivity index is 1.55. The Hall–Kier alpha value is -0.300. The molecule has 1 N–H and O–H groups in total. The van der Waals surface area contributed by atoms with Gasteiger partial charge in [-0.25, -0.2) is 0 Å². The van der Waals surface area contributed by atoms with Crippen LogP contribution in [-0.4, -0.2) is 11.2 Å². The van der Waals surface area contributed by atoms with Gasteiger partial charge >= 0.3 is 0 Å². The van der Waals surface area contributed by atoms with Crippen LogP contribution in [0.5, 0.6) is 0 Å². The minimum absolute atomic E-state index is 0.0420. The minimum atomic E-state index is -0.165. The summed E-state index contributed by atoms with van der Waals surface area (Å²) in [6, 6.07) is 0. The molecule has 9 atom stereocenters. The lowest BCUT2D eigenvalue weighted by Gasteiger charge is -2.71. The van der Waals surface area contributed by atoms with Gasteiger partial charge in [-0.05, 0) is 109 Å². The van der Waals surface area contributed by atoms with Crippen molar-refractivity contribution >= 4 is 0 Å². The molecule has 0 aliphatic heterocycles. The molecule has 0 bridgehead atoms. The van der Waals surface area contributed by atoms with Gasteiger partial charge < -0.3 is 5.11 Å². The fourth-order valence-corrected chi connectivity index (χ4v) is 11.2. The molecule has 5 aliphatic rings. The molecule has 0 spiro atoms. The van der Waals surface area contributed by atoms with Gasteiger partial charge in [-0.1, -0.05) is 67.0 Å². The van der Waals surface area contributed by atoms with E-state index in [1.807, 2.05) is 0 Å². The molecule has 0 saturated heterocycles. The summed E-state index contributed by atoms with van der Waals surface area (Å²) < 4.78 is 0. The van der Waals surface area contributed by atoms with Crippen LogP contribution in [0.2, 0.25) is 0 Å². The van der Waals surface area contributed by atoms with E-state index in [9.17, 15) is 5.11 Å². The number of rotatable bonds is 1. The molecule has 1 nitrogen and oxygen atoms in total. The number of allylic oxidation sites excluding steroid dienone is 1. The lowest BCUT2D eigenvalue weighted by atomic mass is 9.33. The van der Waals surface area contributed by atoms with Crippen LogP contribution in [0.25, 0.3) is 0 Å². The van der Waals surface area contributed by atoms with Crippen molar-refractivity contribution in [1.29, 1.82) is 0 Å². The molecule has 0 radical (unpaired) electrons. The van der Waals surface area contributed by atoms with Crippen LogP contribution in [0.15, 0.2) is 11.6 Å². The molecule has 4 fully saturated rings. The Morgan fingerprint density at radius 2 is 1.39 bits per heavy atom. The van der Waals surface area contributed by atoms with Crippen molar-refractivity contribution in [2.24, 2.45) is 56.7 Å². The van der Waals surface area contributed by atoms with E-state index in [0.29, 0.717) is 27.6 Å². The largest absolute Gasteiger partial charge is 0.392 e. The van der Waals surface area contributed by atoms with Gasteiger partial charge in [-0.3, -0.25) is 0 Å². The average Bonchev–Trinajstić information content (AvgIpc) is 3.05. The fourth-order valence-electron chi connectivity index (χ4n) is 11.2. The second-order valence-corrected chi connectivity index (χ2v) is 14.6. The smallest absolute Gasteiger partial charge is 0.0628 e. The second kappa shape index (κ2) is 6.64. The molecule has 1 heteroatoms. The Bertz CT molecular complexity index is 777. The topological polar surface area (TPSA) is 20.2 Å². The SMILES string of the molecule is CC(C)[C@@H]1CC[C@H]2[C@@]1(C)CC[C@]1(C)[C@@H]3CC=C4[C@@H](CC[C@@H](O)C4(C)C)[C@@]3(C)CC[C@@]21C. The van der Waals surface area contributed by atoms with Gasteiger partial charge in [0, 0.05) is 5.41 Å². The molecule has 5 rings (SSSR count). The van der Waals surface area contributed by atoms with Crippen LogP contribution >= 0.6 is 0 Å². The van der Waals surface area contributed by atoms with Crippen molar-refractivity contribution in [3.63, 3.8) is 0 Å². The van der Waals surface area contributed by atoms with Crippen LogP contribution < -0.4 is 0 Å². The summed E-state index contributed by atoms with van der Waals surface area (Å²) in [5.41, 5.74) is 3.49.